The van der Waals surface area contributed by atoms with Crippen LogP contribution < -0.4 is 10.6 Å². The highest BCUT2D eigenvalue weighted by Gasteiger charge is 2.08. The lowest BCUT2D eigenvalue weighted by atomic mass is 10.2. The zero-order chi connectivity index (χ0) is 17.6. The van der Waals surface area contributed by atoms with Crippen LogP contribution >= 0.6 is 23.1 Å². The van der Waals surface area contributed by atoms with Crippen LogP contribution in [-0.4, -0.2) is 29.6 Å². The van der Waals surface area contributed by atoms with E-state index < -0.39 is 0 Å². The number of hydrogen-bond donors (Lipinski definition) is 2. The van der Waals surface area contributed by atoms with Gasteiger partial charge in [0.1, 0.15) is 5.01 Å². The maximum Gasteiger partial charge on any atom is 0.251 e. The molecule has 3 aromatic rings. The molecule has 0 aliphatic rings. The molecule has 0 aliphatic heterocycles. The normalized spacial score (nSPS) is 10.6. The molecule has 2 amide bonds. The van der Waals surface area contributed by atoms with Crippen molar-refractivity contribution >= 4 is 50.8 Å². The molecule has 0 spiro atoms. The van der Waals surface area contributed by atoms with Gasteiger partial charge in [0, 0.05) is 24.1 Å². The third-order valence-corrected chi connectivity index (χ3v) is 5.60. The van der Waals surface area contributed by atoms with E-state index in [1.807, 2.05) is 24.3 Å². The van der Waals surface area contributed by atoms with Crippen LogP contribution in [0.25, 0.3) is 10.2 Å². The molecule has 5 nitrogen and oxygen atoms in total. The van der Waals surface area contributed by atoms with E-state index in [1.165, 1.54) is 11.8 Å². The molecule has 25 heavy (non-hydrogen) atoms. The minimum atomic E-state index is -0.179. The molecule has 2 N–H and O–H groups in total. The second kappa shape index (κ2) is 8.13. The van der Waals surface area contributed by atoms with Crippen LogP contribution in [0.15, 0.2) is 48.5 Å². The van der Waals surface area contributed by atoms with Gasteiger partial charge in [-0.05, 0) is 30.3 Å². The minimum absolute atomic E-state index is 0.0971. The average molecular weight is 371 g/mol. The Hall–Kier alpha value is -2.38. The Morgan fingerprint density at radius 2 is 2.00 bits per heavy atom. The van der Waals surface area contributed by atoms with E-state index in [-0.39, 0.29) is 11.8 Å². The van der Waals surface area contributed by atoms with Gasteiger partial charge in [0.2, 0.25) is 5.91 Å². The fourth-order valence-electron chi connectivity index (χ4n) is 2.29. The number of nitrogens with one attached hydrogen (secondary N) is 2. The molecule has 0 fully saturated rings. The Kier molecular flexibility index (Phi) is 5.67. The van der Waals surface area contributed by atoms with E-state index in [2.05, 4.69) is 15.6 Å². The van der Waals surface area contributed by atoms with Gasteiger partial charge in [0.05, 0.1) is 16.0 Å². The van der Waals surface area contributed by atoms with Gasteiger partial charge in [0.25, 0.3) is 5.91 Å². The van der Waals surface area contributed by atoms with Crippen LogP contribution in [0.1, 0.15) is 15.4 Å². The number of anilines is 1. The molecule has 0 radical (unpaired) electrons. The van der Waals surface area contributed by atoms with Crippen molar-refractivity contribution < 1.29 is 9.59 Å². The Labute approximate surface area is 153 Å². The Bertz CT molecular complexity index is 875. The second-order valence-electron chi connectivity index (χ2n) is 5.28. The van der Waals surface area contributed by atoms with E-state index >= 15 is 0 Å². The number of thiazole rings is 1. The lowest BCUT2D eigenvalue weighted by molar-refractivity contribution is -0.113. The van der Waals surface area contributed by atoms with Crippen LogP contribution in [0.4, 0.5) is 5.69 Å². The lowest BCUT2D eigenvalue weighted by Crippen LogP contribution is -2.19. The first-order chi connectivity index (χ1) is 12.2. The Balaban J connectivity index is 1.52. The molecule has 0 bridgehead atoms. The van der Waals surface area contributed by atoms with Crippen molar-refractivity contribution in [3.8, 4) is 0 Å². The van der Waals surface area contributed by atoms with Crippen molar-refractivity contribution in [2.45, 2.75) is 5.75 Å². The smallest absolute Gasteiger partial charge is 0.251 e. The van der Waals surface area contributed by atoms with Gasteiger partial charge >= 0.3 is 0 Å². The number of para-hydroxylation sites is 1. The molecule has 2 aromatic carbocycles. The topological polar surface area (TPSA) is 71.1 Å². The van der Waals surface area contributed by atoms with Crippen molar-refractivity contribution in [1.29, 1.82) is 0 Å². The first-order valence-electron chi connectivity index (χ1n) is 7.70. The highest BCUT2D eigenvalue weighted by molar-refractivity contribution is 7.99. The summed E-state index contributed by atoms with van der Waals surface area (Å²) in [6.07, 6.45) is 0. The van der Waals surface area contributed by atoms with Gasteiger partial charge < -0.3 is 10.6 Å². The predicted octanol–water partition coefficient (Wildman–Crippen LogP) is 3.53. The maximum atomic E-state index is 12.1. The van der Waals surface area contributed by atoms with E-state index in [0.717, 1.165) is 15.2 Å². The zero-order valence-electron chi connectivity index (χ0n) is 13.6. The number of carbonyl (C=O) groups excluding carboxylic acids is 2. The molecule has 0 aliphatic carbocycles. The van der Waals surface area contributed by atoms with Crippen LogP contribution in [-0.2, 0) is 10.5 Å². The molecule has 1 aromatic heterocycles. The number of nitrogens with zero attached hydrogens (tertiary/aromatic N) is 1. The Morgan fingerprint density at radius 3 is 2.80 bits per heavy atom. The summed E-state index contributed by atoms with van der Waals surface area (Å²) in [4.78, 5) is 28.3. The predicted molar refractivity (Wildman–Crippen MR) is 104 cm³/mol. The summed E-state index contributed by atoms with van der Waals surface area (Å²) >= 11 is 3.17. The van der Waals surface area contributed by atoms with Gasteiger partial charge in [-0.3, -0.25) is 9.59 Å². The fraction of sp³-hybridized carbons (Fsp3) is 0.167. The highest BCUT2D eigenvalue weighted by atomic mass is 32.2. The van der Waals surface area contributed by atoms with Crippen molar-refractivity contribution in [2.75, 3.05) is 18.1 Å². The van der Waals surface area contributed by atoms with Crippen LogP contribution in [0.2, 0.25) is 0 Å². The van der Waals surface area contributed by atoms with Gasteiger partial charge in [-0.2, -0.15) is 0 Å². The quantitative estimate of drug-likeness (QED) is 0.695. The van der Waals surface area contributed by atoms with Crippen molar-refractivity contribution in [2.24, 2.45) is 0 Å². The van der Waals surface area contributed by atoms with E-state index in [0.29, 0.717) is 22.8 Å². The van der Waals surface area contributed by atoms with Crippen molar-refractivity contribution in [3.63, 3.8) is 0 Å². The van der Waals surface area contributed by atoms with Crippen molar-refractivity contribution in [3.05, 3.63) is 59.1 Å². The Morgan fingerprint density at radius 1 is 1.16 bits per heavy atom. The molecular weight excluding hydrogens is 354 g/mol. The van der Waals surface area contributed by atoms with Gasteiger partial charge in [0.15, 0.2) is 0 Å². The number of hydrogen-bond acceptors (Lipinski definition) is 5. The molecule has 0 unspecified atom stereocenters. The summed E-state index contributed by atoms with van der Waals surface area (Å²) in [5.74, 6) is 0.757. The summed E-state index contributed by atoms with van der Waals surface area (Å²) in [7, 11) is 1.58. The number of rotatable bonds is 6. The number of benzene rings is 2. The third-order valence-electron chi connectivity index (χ3n) is 3.43. The van der Waals surface area contributed by atoms with E-state index in [9.17, 15) is 9.59 Å². The molecular formula is C18H17N3O2S2. The molecule has 128 valence electrons. The van der Waals surface area contributed by atoms with Crippen molar-refractivity contribution in [1.82, 2.24) is 10.3 Å². The highest BCUT2D eigenvalue weighted by Crippen LogP contribution is 2.24. The van der Waals surface area contributed by atoms with Crippen LogP contribution in [0.3, 0.4) is 0 Å². The zero-order valence-corrected chi connectivity index (χ0v) is 15.2. The number of fused-ring (bicyclic) bond motifs is 1. The van der Waals surface area contributed by atoms with Crippen LogP contribution in [0, 0.1) is 0 Å². The summed E-state index contributed by atoms with van der Waals surface area (Å²) < 4.78 is 1.16. The lowest BCUT2D eigenvalue weighted by Gasteiger charge is -2.06. The number of carbonyl (C=O) groups is 2. The first kappa shape index (κ1) is 17.4. The summed E-state index contributed by atoms with van der Waals surface area (Å²) in [6.45, 7) is 0. The maximum absolute atomic E-state index is 12.1. The molecule has 1 heterocycles. The fourth-order valence-corrected chi connectivity index (χ4v) is 4.14. The largest absolute Gasteiger partial charge is 0.355 e. The van der Waals surface area contributed by atoms with E-state index in [4.69, 9.17) is 0 Å². The third kappa shape index (κ3) is 4.58. The second-order valence-corrected chi connectivity index (χ2v) is 7.38. The molecule has 3 rings (SSSR count). The molecule has 0 saturated heterocycles. The van der Waals surface area contributed by atoms with Gasteiger partial charge in [-0.1, -0.05) is 18.2 Å². The average Bonchev–Trinajstić information content (AvgIpc) is 3.04. The SMILES string of the molecule is CNC(=O)c1cccc(NC(=O)CSCc2nc3ccccc3s2)c1. The summed E-state index contributed by atoms with van der Waals surface area (Å²) in [6, 6.07) is 14.9. The van der Waals surface area contributed by atoms with E-state index in [1.54, 1.807) is 42.6 Å². The number of aromatic nitrogens is 1. The molecule has 0 saturated carbocycles. The monoisotopic (exact) mass is 371 g/mol. The minimum Gasteiger partial charge on any atom is -0.355 e. The standard InChI is InChI=1S/C18H17N3O2S2/c1-19-18(23)12-5-4-6-13(9-12)20-16(22)10-24-11-17-21-14-7-2-3-8-15(14)25-17/h2-9H,10-11H2,1H3,(H,19,23)(H,20,22). The summed E-state index contributed by atoms with van der Waals surface area (Å²) in [5, 5.41) is 6.40. The van der Waals surface area contributed by atoms with Gasteiger partial charge in [-0.15, -0.1) is 23.1 Å². The number of thioether (sulfide) groups is 1. The summed E-state index contributed by atoms with van der Waals surface area (Å²) in [5.41, 5.74) is 2.13. The molecule has 0 atom stereocenters. The first-order valence-corrected chi connectivity index (χ1v) is 9.67. The van der Waals surface area contributed by atoms with Crippen LogP contribution in [0.5, 0.6) is 0 Å². The molecule has 7 heteroatoms. The number of amides is 2. The van der Waals surface area contributed by atoms with Gasteiger partial charge in [-0.25, -0.2) is 4.98 Å².